The van der Waals surface area contributed by atoms with Gasteiger partial charge in [-0.2, -0.15) is 0 Å². The summed E-state index contributed by atoms with van der Waals surface area (Å²) in [7, 11) is -0.462. The van der Waals surface area contributed by atoms with E-state index in [1.54, 1.807) is 0 Å². The normalized spacial score (nSPS) is 11.8. The molecule has 0 aliphatic rings. The van der Waals surface area contributed by atoms with Crippen molar-refractivity contribution in [3.05, 3.63) is 121 Å². The van der Waals surface area contributed by atoms with Gasteiger partial charge >= 0.3 is 0 Å². The second-order valence-electron chi connectivity index (χ2n) is 14.6. The molecule has 0 spiro atoms. The minimum Gasteiger partial charge on any atom is -0.422 e. The number of aromatic nitrogens is 6. The SMILES string of the molecule is Cc1cc(C)c(-c2c(C)nn([B-](n3nc(C)c(-c4c(C)cc(C)cc4C)c3C)n3nc(C)c(-c4c(C)cc(C)cc4C)c3C)c2C)c(C)c1. The first kappa shape index (κ1) is 34.2. The molecule has 1 radical (unpaired) electrons. The summed E-state index contributed by atoms with van der Waals surface area (Å²) in [6.07, 6.45) is 0. The predicted octanol–water partition coefficient (Wildman–Crippen LogP) is 9.83. The van der Waals surface area contributed by atoms with Gasteiger partial charge in [0.05, 0.1) is 17.1 Å². The van der Waals surface area contributed by atoms with Crippen molar-refractivity contribution >= 4 is 7.12 Å². The molecule has 0 amide bonds. The Labute approximate surface area is 293 Å². The van der Waals surface area contributed by atoms with Crippen LogP contribution in [0.15, 0.2) is 36.4 Å². The monoisotopic (exact) mass is 650 g/mol. The fourth-order valence-electron chi connectivity index (χ4n) is 8.78. The fraction of sp³-hybridized carbons (Fsp3) is 0.357. The average molecular weight is 651 g/mol. The molecule has 6 aromatic rings. The minimum atomic E-state index is -0.462. The summed E-state index contributed by atoms with van der Waals surface area (Å²) in [4.78, 5) is 0. The minimum absolute atomic E-state index is 0.462. The maximum absolute atomic E-state index is 5.34. The molecule has 0 aliphatic carbocycles. The number of benzene rings is 3. The molecule has 3 aromatic heterocycles. The summed E-state index contributed by atoms with van der Waals surface area (Å²) in [6.45, 7) is 32.7. The average Bonchev–Trinajstić information content (AvgIpc) is 3.54. The number of hydrogen-bond donors (Lipinski definition) is 0. The molecule has 6 rings (SSSR count). The molecule has 6 nitrogen and oxygen atoms in total. The topological polar surface area (TPSA) is 53.5 Å². The molecule has 0 saturated carbocycles. The Hall–Kier alpha value is -4.65. The van der Waals surface area contributed by atoms with Crippen molar-refractivity contribution in [2.24, 2.45) is 0 Å². The highest BCUT2D eigenvalue weighted by molar-refractivity contribution is 6.53. The lowest BCUT2D eigenvalue weighted by Crippen LogP contribution is -2.45. The van der Waals surface area contributed by atoms with Gasteiger partial charge in [0.15, 0.2) is 0 Å². The molecule has 49 heavy (non-hydrogen) atoms. The van der Waals surface area contributed by atoms with Gasteiger partial charge < -0.3 is 13.8 Å². The van der Waals surface area contributed by atoms with Crippen LogP contribution in [-0.4, -0.2) is 36.2 Å². The van der Waals surface area contributed by atoms with Gasteiger partial charge in [-0.05, 0) is 154 Å². The Morgan fingerprint density at radius 2 is 0.531 bits per heavy atom. The first-order valence-electron chi connectivity index (χ1n) is 17.4. The van der Waals surface area contributed by atoms with Crippen molar-refractivity contribution in [2.75, 3.05) is 0 Å². The fourth-order valence-corrected chi connectivity index (χ4v) is 8.78. The highest BCUT2D eigenvalue weighted by atomic mass is 15.5. The van der Waals surface area contributed by atoms with Crippen LogP contribution in [0.3, 0.4) is 0 Å². The van der Waals surface area contributed by atoms with E-state index in [0.29, 0.717) is 0 Å². The molecule has 3 aromatic carbocycles. The van der Waals surface area contributed by atoms with Crippen molar-refractivity contribution in [3.63, 3.8) is 0 Å². The van der Waals surface area contributed by atoms with Crippen LogP contribution in [0, 0.1) is 104 Å². The zero-order chi connectivity index (χ0) is 35.8. The summed E-state index contributed by atoms with van der Waals surface area (Å²) >= 11 is 0. The van der Waals surface area contributed by atoms with E-state index >= 15 is 0 Å². The van der Waals surface area contributed by atoms with Crippen molar-refractivity contribution in [1.29, 1.82) is 0 Å². The third-order valence-corrected chi connectivity index (χ3v) is 10.4. The highest BCUT2D eigenvalue weighted by Gasteiger charge is 2.27. The number of rotatable bonds is 6. The van der Waals surface area contributed by atoms with Crippen molar-refractivity contribution < 1.29 is 0 Å². The Bertz CT molecular complexity index is 1970. The molecule has 0 aliphatic heterocycles. The van der Waals surface area contributed by atoms with Crippen molar-refractivity contribution in [2.45, 2.75) is 104 Å². The van der Waals surface area contributed by atoms with E-state index in [4.69, 9.17) is 15.3 Å². The quantitative estimate of drug-likeness (QED) is 0.169. The summed E-state index contributed by atoms with van der Waals surface area (Å²) < 4.78 is 6.46. The summed E-state index contributed by atoms with van der Waals surface area (Å²) in [5.74, 6) is 0. The molecule has 253 valence electrons. The van der Waals surface area contributed by atoms with Gasteiger partial charge in [-0.3, -0.25) is 0 Å². The Morgan fingerprint density at radius 3 is 0.735 bits per heavy atom. The molecule has 0 fully saturated rings. The number of aryl methyl sites for hydroxylation is 12. The first-order valence-corrected chi connectivity index (χ1v) is 17.4. The molecule has 3 heterocycles. The molecule has 0 unspecified atom stereocenters. The van der Waals surface area contributed by atoms with Gasteiger partial charge in [0, 0.05) is 33.8 Å². The van der Waals surface area contributed by atoms with Gasteiger partial charge in [0.1, 0.15) is 0 Å². The second kappa shape index (κ2) is 12.4. The van der Waals surface area contributed by atoms with Crippen LogP contribution in [0.25, 0.3) is 33.4 Å². The van der Waals surface area contributed by atoms with Crippen LogP contribution < -0.4 is 0 Å². The van der Waals surface area contributed by atoms with Crippen LogP contribution in [0.4, 0.5) is 0 Å². The largest absolute Gasteiger partial charge is 0.422 e. The van der Waals surface area contributed by atoms with Crippen LogP contribution in [0.1, 0.15) is 84.2 Å². The van der Waals surface area contributed by atoms with Crippen molar-refractivity contribution in [1.82, 2.24) is 29.1 Å². The van der Waals surface area contributed by atoms with Gasteiger partial charge in [0.25, 0.3) is 7.12 Å². The van der Waals surface area contributed by atoms with E-state index in [-0.39, 0.29) is 0 Å². The Kier molecular flexibility index (Phi) is 8.63. The molecule has 0 saturated heterocycles. The van der Waals surface area contributed by atoms with Crippen LogP contribution >= 0.6 is 0 Å². The van der Waals surface area contributed by atoms with E-state index in [2.05, 4.69) is 154 Å². The summed E-state index contributed by atoms with van der Waals surface area (Å²) in [6, 6.07) is 13.6. The molecule has 0 N–H and O–H groups in total. The van der Waals surface area contributed by atoms with Gasteiger partial charge in [-0.25, -0.2) is 15.3 Å². The molecular formula is C42H51BN6-. The van der Waals surface area contributed by atoms with E-state index in [1.165, 1.54) is 83.5 Å². The second-order valence-corrected chi connectivity index (χ2v) is 14.6. The third-order valence-electron chi connectivity index (χ3n) is 10.4. The van der Waals surface area contributed by atoms with Gasteiger partial charge in [0.2, 0.25) is 0 Å². The van der Waals surface area contributed by atoms with Gasteiger partial charge in [-0.1, -0.05) is 53.1 Å². The third kappa shape index (κ3) is 5.57. The molecule has 0 atom stereocenters. The van der Waals surface area contributed by atoms with Crippen LogP contribution in [-0.2, 0) is 0 Å². The van der Waals surface area contributed by atoms with Crippen LogP contribution in [0.2, 0.25) is 0 Å². The van der Waals surface area contributed by atoms with Crippen LogP contribution in [0.5, 0.6) is 0 Å². The standard InChI is InChI=1S/C42H51BN6/c1-22-16-25(4)37(26(5)17-22)40-31(10)44-47(34(40)13)43(48-35(14)41(32(11)45-48)38-27(6)18-23(2)19-28(38)7)49-36(15)42(33(12)46-49)39-29(8)20-24(3)21-30(39)9/h16-21H,1-15H3/q-1. The molecular weight excluding hydrogens is 599 g/mol. The lowest BCUT2D eigenvalue weighted by molar-refractivity contribution is 0.730. The van der Waals surface area contributed by atoms with E-state index in [0.717, 1.165) is 34.2 Å². The van der Waals surface area contributed by atoms with E-state index in [9.17, 15) is 0 Å². The summed E-state index contributed by atoms with van der Waals surface area (Å²) in [5, 5.41) is 16.0. The molecule has 7 heteroatoms. The smallest absolute Gasteiger partial charge is 0.261 e. The zero-order valence-corrected chi connectivity index (χ0v) is 32.2. The lowest BCUT2D eigenvalue weighted by Gasteiger charge is -2.34. The highest BCUT2D eigenvalue weighted by Crippen LogP contribution is 2.38. The maximum atomic E-state index is 5.34. The molecule has 0 bridgehead atoms. The van der Waals surface area contributed by atoms with E-state index < -0.39 is 7.12 Å². The summed E-state index contributed by atoms with van der Waals surface area (Å²) in [5.41, 5.74) is 24.9. The maximum Gasteiger partial charge on any atom is 0.261 e. The Balaban J connectivity index is 1.67. The van der Waals surface area contributed by atoms with E-state index in [1.807, 2.05) is 0 Å². The van der Waals surface area contributed by atoms with Gasteiger partial charge in [-0.15, -0.1) is 0 Å². The number of hydrogen-bond acceptors (Lipinski definition) is 3. The zero-order valence-electron chi connectivity index (χ0n) is 32.2. The Morgan fingerprint density at radius 1 is 0.327 bits per heavy atom. The lowest BCUT2D eigenvalue weighted by atomic mass is 9.88. The first-order chi connectivity index (χ1) is 23.0. The predicted molar refractivity (Wildman–Crippen MR) is 206 cm³/mol. The van der Waals surface area contributed by atoms with Crippen molar-refractivity contribution in [3.8, 4) is 33.4 Å². The number of nitrogens with zero attached hydrogens (tertiary/aromatic N) is 6.